The van der Waals surface area contributed by atoms with Gasteiger partial charge in [-0.3, -0.25) is 4.79 Å². The second-order valence-corrected chi connectivity index (χ2v) is 7.41. The van der Waals surface area contributed by atoms with Crippen molar-refractivity contribution in [2.24, 2.45) is 23.0 Å². The minimum atomic E-state index is 0.220. The average molecular weight is 266 g/mol. The zero-order valence-corrected chi connectivity index (χ0v) is 12.6. The Bertz CT molecular complexity index is 304. The van der Waals surface area contributed by atoms with Crippen LogP contribution in [0.25, 0.3) is 0 Å². The van der Waals surface area contributed by atoms with E-state index in [0.29, 0.717) is 23.3 Å². The van der Waals surface area contributed by atoms with Crippen molar-refractivity contribution in [1.82, 2.24) is 5.32 Å². The van der Waals surface area contributed by atoms with Gasteiger partial charge in [-0.25, -0.2) is 0 Å². The number of nitrogens with one attached hydrogen (secondary N) is 1. The Balaban J connectivity index is 1.78. The Hall–Kier alpha value is -0.570. The Morgan fingerprint density at radius 3 is 2.53 bits per heavy atom. The fourth-order valence-corrected chi connectivity index (χ4v) is 3.61. The molecule has 2 aliphatic rings. The van der Waals surface area contributed by atoms with Gasteiger partial charge < -0.3 is 11.1 Å². The predicted molar refractivity (Wildman–Crippen MR) is 78.7 cm³/mol. The van der Waals surface area contributed by atoms with Crippen molar-refractivity contribution < 1.29 is 4.79 Å². The molecule has 2 fully saturated rings. The van der Waals surface area contributed by atoms with E-state index in [4.69, 9.17) is 5.73 Å². The lowest BCUT2D eigenvalue weighted by atomic mass is 9.75. The van der Waals surface area contributed by atoms with Crippen LogP contribution in [0, 0.1) is 17.3 Å². The van der Waals surface area contributed by atoms with Gasteiger partial charge in [-0.2, -0.15) is 0 Å². The highest BCUT2D eigenvalue weighted by atomic mass is 16.1. The summed E-state index contributed by atoms with van der Waals surface area (Å²) in [4.78, 5) is 12.3. The summed E-state index contributed by atoms with van der Waals surface area (Å²) in [6.07, 6.45) is 9.18. The molecule has 0 radical (unpaired) electrons. The summed E-state index contributed by atoms with van der Waals surface area (Å²) in [5, 5.41) is 3.29. The summed E-state index contributed by atoms with van der Waals surface area (Å²) in [5.74, 6) is 1.08. The van der Waals surface area contributed by atoms with Gasteiger partial charge in [0.1, 0.15) is 0 Å². The highest BCUT2D eigenvalue weighted by Crippen LogP contribution is 2.35. The quantitative estimate of drug-likeness (QED) is 0.825. The molecule has 3 N–H and O–H groups in total. The van der Waals surface area contributed by atoms with Crippen molar-refractivity contribution in [3.05, 3.63) is 0 Å². The van der Waals surface area contributed by atoms with Crippen molar-refractivity contribution in [3.63, 3.8) is 0 Å². The Morgan fingerprint density at radius 2 is 1.89 bits per heavy atom. The maximum Gasteiger partial charge on any atom is 0.223 e. The largest absolute Gasteiger partial charge is 0.353 e. The lowest BCUT2D eigenvalue weighted by Crippen LogP contribution is -2.43. The molecule has 3 heteroatoms. The van der Waals surface area contributed by atoms with Gasteiger partial charge >= 0.3 is 0 Å². The molecule has 0 bridgehead atoms. The number of carbonyl (C=O) groups excluding carboxylic acids is 1. The minimum Gasteiger partial charge on any atom is -0.353 e. The first kappa shape index (κ1) is 14.8. The fraction of sp³-hybridized carbons (Fsp3) is 0.938. The van der Waals surface area contributed by atoms with E-state index >= 15 is 0 Å². The van der Waals surface area contributed by atoms with E-state index in [1.54, 1.807) is 0 Å². The molecule has 2 saturated carbocycles. The summed E-state index contributed by atoms with van der Waals surface area (Å²) >= 11 is 0. The Morgan fingerprint density at radius 1 is 1.21 bits per heavy atom. The maximum atomic E-state index is 12.3. The Kier molecular flexibility index (Phi) is 4.88. The van der Waals surface area contributed by atoms with Crippen molar-refractivity contribution in [2.75, 3.05) is 6.54 Å². The molecule has 0 aromatic rings. The molecule has 0 spiro atoms. The Labute approximate surface area is 117 Å². The third-order valence-electron chi connectivity index (χ3n) is 5.17. The number of hydrogen-bond donors (Lipinski definition) is 2. The van der Waals surface area contributed by atoms with Gasteiger partial charge in [-0.15, -0.1) is 0 Å². The van der Waals surface area contributed by atoms with E-state index in [2.05, 4.69) is 19.2 Å². The summed E-state index contributed by atoms with van der Waals surface area (Å²) in [6.45, 7) is 5.40. The molecule has 1 amide bonds. The van der Waals surface area contributed by atoms with Crippen molar-refractivity contribution >= 4 is 5.91 Å². The number of rotatable bonds is 3. The van der Waals surface area contributed by atoms with Crippen LogP contribution < -0.4 is 11.1 Å². The molecular formula is C16H30N2O. The van der Waals surface area contributed by atoms with Crippen molar-refractivity contribution in [3.8, 4) is 0 Å². The van der Waals surface area contributed by atoms with Crippen LogP contribution in [0.4, 0.5) is 0 Å². The standard InChI is InChI=1S/C16H30N2O/c1-16(2)8-6-14(7-9-16)18-15(19)13-5-3-4-12(10-13)11-17/h12-14H,3-11,17H2,1-2H3,(H,18,19). The lowest BCUT2D eigenvalue weighted by molar-refractivity contribution is -0.127. The summed E-state index contributed by atoms with van der Waals surface area (Å²) in [7, 11) is 0. The van der Waals surface area contributed by atoms with Crippen LogP contribution in [0.5, 0.6) is 0 Å². The molecule has 2 atom stereocenters. The summed E-state index contributed by atoms with van der Waals surface area (Å²) in [6, 6.07) is 0.416. The van der Waals surface area contributed by atoms with Crippen LogP contribution in [0.2, 0.25) is 0 Å². The predicted octanol–water partition coefficient (Wildman–Crippen LogP) is 2.84. The van der Waals surface area contributed by atoms with E-state index < -0.39 is 0 Å². The average Bonchev–Trinajstić information content (AvgIpc) is 2.41. The molecule has 0 saturated heterocycles. The zero-order valence-electron chi connectivity index (χ0n) is 12.6. The molecular weight excluding hydrogens is 236 g/mol. The van der Waals surface area contributed by atoms with Gasteiger partial charge in [0.25, 0.3) is 0 Å². The smallest absolute Gasteiger partial charge is 0.223 e. The van der Waals surface area contributed by atoms with E-state index in [0.717, 1.165) is 38.6 Å². The number of hydrogen-bond acceptors (Lipinski definition) is 2. The van der Waals surface area contributed by atoms with Gasteiger partial charge in [0.05, 0.1) is 0 Å². The molecule has 110 valence electrons. The van der Waals surface area contributed by atoms with E-state index in [-0.39, 0.29) is 5.92 Å². The van der Waals surface area contributed by atoms with E-state index in [1.165, 1.54) is 19.3 Å². The lowest BCUT2D eigenvalue weighted by Gasteiger charge is -2.36. The molecule has 2 unspecified atom stereocenters. The van der Waals surface area contributed by atoms with Crippen LogP contribution >= 0.6 is 0 Å². The first-order valence-electron chi connectivity index (χ1n) is 8.00. The third-order valence-corrected chi connectivity index (χ3v) is 5.17. The van der Waals surface area contributed by atoms with E-state index in [1.807, 2.05) is 0 Å². The van der Waals surface area contributed by atoms with Crippen LogP contribution in [0.3, 0.4) is 0 Å². The van der Waals surface area contributed by atoms with Gasteiger partial charge in [0, 0.05) is 12.0 Å². The van der Waals surface area contributed by atoms with E-state index in [9.17, 15) is 4.79 Å². The first-order chi connectivity index (χ1) is 9.00. The monoisotopic (exact) mass is 266 g/mol. The second kappa shape index (κ2) is 6.25. The van der Waals surface area contributed by atoms with Crippen molar-refractivity contribution in [1.29, 1.82) is 0 Å². The number of amides is 1. The molecule has 2 aliphatic carbocycles. The molecule has 0 aromatic carbocycles. The second-order valence-electron chi connectivity index (χ2n) is 7.41. The van der Waals surface area contributed by atoms with Crippen LogP contribution in [-0.4, -0.2) is 18.5 Å². The highest BCUT2D eigenvalue weighted by Gasteiger charge is 2.31. The third kappa shape index (κ3) is 4.20. The van der Waals surface area contributed by atoms with Gasteiger partial charge in [-0.1, -0.05) is 20.3 Å². The van der Waals surface area contributed by atoms with Crippen molar-refractivity contribution in [2.45, 2.75) is 71.3 Å². The summed E-state index contributed by atoms with van der Waals surface area (Å²) < 4.78 is 0. The van der Waals surface area contributed by atoms with Gasteiger partial charge in [0.15, 0.2) is 0 Å². The maximum absolute atomic E-state index is 12.3. The number of nitrogens with two attached hydrogens (primary N) is 1. The van der Waals surface area contributed by atoms with Crippen LogP contribution in [0.15, 0.2) is 0 Å². The molecule has 0 heterocycles. The van der Waals surface area contributed by atoms with Crippen LogP contribution in [-0.2, 0) is 4.79 Å². The molecule has 0 aliphatic heterocycles. The SMILES string of the molecule is CC1(C)CCC(NC(=O)C2CCCC(CN)C2)CC1. The minimum absolute atomic E-state index is 0.220. The summed E-state index contributed by atoms with van der Waals surface area (Å²) in [5.41, 5.74) is 6.22. The molecule has 3 nitrogen and oxygen atoms in total. The first-order valence-corrected chi connectivity index (χ1v) is 8.00. The number of carbonyl (C=O) groups is 1. The molecule has 19 heavy (non-hydrogen) atoms. The molecule has 0 aromatic heterocycles. The van der Waals surface area contributed by atoms with Crippen LogP contribution in [0.1, 0.15) is 65.2 Å². The normalized spacial score (nSPS) is 31.9. The fourth-order valence-electron chi connectivity index (χ4n) is 3.61. The van der Waals surface area contributed by atoms with Gasteiger partial charge in [-0.05, 0) is 62.8 Å². The van der Waals surface area contributed by atoms with Gasteiger partial charge in [0.2, 0.25) is 5.91 Å². The highest BCUT2D eigenvalue weighted by molar-refractivity contribution is 5.79. The zero-order chi connectivity index (χ0) is 13.9. The topological polar surface area (TPSA) is 55.1 Å². The molecule has 2 rings (SSSR count).